The van der Waals surface area contributed by atoms with E-state index in [0.29, 0.717) is 23.7 Å². The van der Waals surface area contributed by atoms with Gasteiger partial charge in [0, 0.05) is 37.6 Å². The summed E-state index contributed by atoms with van der Waals surface area (Å²) in [5, 5.41) is 7.46. The Hall–Kier alpha value is -4.32. The second kappa shape index (κ2) is 12.1. The highest BCUT2D eigenvalue weighted by Gasteiger charge is 2.35. The SMILES string of the molecule is CNC(=O)c1cc(Oc2cccc(NC(=O)Nc3cccc(C(F)(F)F)c3OCCN(C)C)c2)ccn1. The van der Waals surface area contributed by atoms with Crippen molar-refractivity contribution in [1.82, 2.24) is 15.2 Å². The minimum atomic E-state index is -4.67. The molecule has 3 rings (SSSR count). The number of anilines is 2. The van der Waals surface area contributed by atoms with Gasteiger partial charge in [-0.1, -0.05) is 12.1 Å². The Balaban J connectivity index is 1.74. The Bertz CT molecular complexity index is 1250. The van der Waals surface area contributed by atoms with Crippen LogP contribution in [0.5, 0.6) is 17.2 Å². The van der Waals surface area contributed by atoms with Crippen molar-refractivity contribution in [3.8, 4) is 17.2 Å². The van der Waals surface area contributed by atoms with Crippen molar-refractivity contribution in [3.63, 3.8) is 0 Å². The number of carbonyl (C=O) groups is 2. The van der Waals surface area contributed by atoms with Crippen molar-refractivity contribution in [2.75, 3.05) is 44.9 Å². The zero-order valence-corrected chi connectivity index (χ0v) is 20.3. The molecule has 37 heavy (non-hydrogen) atoms. The summed E-state index contributed by atoms with van der Waals surface area (Å²) in [4.78, 5) is 30.1. The number of likely N-dealkylation sites (N-methyl/N-ethyl adjacent to an activating group) is 1. The highest BCUT2D eigenvalue weighted by atomic mass is 19.4. The molecule has 0 unspecified atom stereocenters. The summed E-state index contributed by atoms with van der Waals surface area (Å²) < 4.78 is 51.8. The predicted molar refractivity (Wildman–Crippen MR) is 132 cm³/mol. The van der Waals surface area contributed by atoms with Crippen LogP contribution in [0.3, 0.4) is 0 Å². The van der Waals surface area contributed by atoms with E-state index in [1.807, 2.05) is 0 Å². The van der Waals surface area contributed by atoms with E-state index < -0.39 is 23.5 Å². The van der Waals surface area contributed by atoms with Crippen molar-refractivity contribution in [2.24, 2.45) is 0 Å². The monoisotopic (exact) mass is 517 g/mol. The number of amides is 3. The fourth-order valence-corrected chi connectivity index (χ4v) is 3.13. The van der Waals surface area contributed by atoms with Crippen LogP contribution in [-0.2, 0) is 6.18 Å². The van der Waals surface area contributed by atoms with E-state index >= 15 is 0 Å². The topological polar surface area (TPSA) is 105 Å². The first-order valence-electron chi connectivity index (χ1n) is 11.1. The second-order valence-corrected chi connectivity index (χ2v) is 8.00. The minimum Gasteiger partial charge on any atom is -0.489 e. The first kappa shape index (κ1) is 27.3. The lowest BCUT2D eigenvalue weighted by molar-refractivity contribution is -0.138. The van der Waals surface area contributed by atoms with Gasteiger partial charge in [-0.25, -0.2) is 4.79 Å². The Morgan fingerprint density at radius 3 is 2.43 bits per heavy atom. The van der Waals surface area contributed by atoms with Gasteiger partial charge < -0.3 is 30.3 Å². The van der Waals surface area contributed by atoms with E-state index in [4.69, 9.17) is 9.47 Å². The van der Waals surface area contributed by atoms with Gasteiger partial charge >= 0.3 is 12.2 Å². The van der Waals surface area contributed by atoms with Crippen molar-refractivity contribution >= 4 is 23.3 Å². The van der Waals surface area contributed by atoms with Gasteiger partial charge in [-0.05, 0) is 44.4 Å². The molecule has 0 atom stereocenters. The lowest BCUT2D eigenvalue weighted by atomic mass is 10.1. The third kappa shape index (κ3) is 7.84. The molecule has 0 aliphatic heterocycles. The summed E-state index contributed by atoms with van der Waals surface area (Å²) in [7, 11) is 5.01. The molecular formula is C25H26F3N5O4. The third-order valence-corrected chi connectivity index (χ3v) is 4.87. The van der Waals surface area contributed by atoms with Gasteiger partial charge in [0.1, 0.15) is 23.8 Å². The number of hydrogen-bond acceptors (Lipinski definition) is 6. The Morgan fingerprint density at radius 2 is 1.73 bits per heavy atom. The van der Waals surface area contributed by atoms with Gasteiger partial charge in [-0.3, -0.25) is 9.78 Å². The van der Waals surface area contributed by atoms with Gasteiger partial charge in [0.25, 0.3) is 5.91 Å². The van der Waals surface area contributed by atoms with E-state index in [-0.39, 0.29) is 23.9 Å². The van der Waals surface area contributed by atoms with Gasteiger partial charge in [0.05, 0.1) is 11.3 Å². The van der Waals surface area contributed by atoms with Crippen molar-refractivity contribution < 1.29 is 32.2 Å². The minimum absolute atomic E-state index is 0.00753. The first-order valence-corrected chi connectivity index (χ1v) is 11.1. The number of urea groups is 1. The Morgan fingerprint density at radius 1 is 1.00 bits per heavy atom. The molecule has 3 amide bonds. The third-order valence-electron chi connectivity index (χ3n) is 4.87. The fourth-order valence-electron chi connectivity index (χ4n) is 3.13. The largest absolute Gasteiger partial charge is 0.489 e. The number of hydrogen-bond donors (Lipinski definition) is 3. The molecule has 2 aromatic carbocycles. The number of pyridine rings is 1. The van der Waals surface area contributed by atoms with Crippen LogP contribution in [0.1, 0.15) is 16.1 Å². The maximum Gasteiger partial charge on any atom is 0.420 e. The molecule has 0 aliphatic carbocycles. The zero-order valence-electron chi connectivity index (χ0n) is 20.3. The summed E-state index contributed by atoms with van der Waals surface area (Å²) in [5.74, 6) is -0.150. The summed E-state index contributed by atoms with van der Waals surface area (Å²) in [6.45, 7) is 0.374. The van der Waals surface area contributed by atoms with Crippen molar-refractivity contribution in [1.29, 1.82) is 0 Å². The lowest BCUT2D eigenvalue weighted by Crippen LogP contribution is -2.23. The van der Waals surface area contributed by atoms with Crippen LogP contribution in [0.15, 0.2) is 60.8 Å². The van der Waals surface area contributed by atoms with Gasteiger partial charge in [0.15, 0.2) is 5.75 Å². The van der Waals surface area contributed by atoms with Crippen LogP contribution in [0.25, 0.3) is 0 Å². The number of nitrogens with one attached hydrogen (secondary N) is 3. The van der Waals surface area contributed by atoms with E-state index in [0.717, 1.165) is 6.07 Å². The van der Waals surface area contributed by atoms with Crippen molar-refractivity contribution in [3.05, 3.63) is 72.1 Å². The average molecular weight is 518 g/mol. The smallest absolute Gasteiger partial charge is 0.420 e. The van der Waals surface area contributed by atoms with E-state index in [1.54, 1.807) is 43.3 Å². The number of rotatable bonds is 9. The molecule has 3 N–H and O–H groups in total. The van der Waals surface area contributed by atoms with E-state index in [2.05, 4.69) is 20.9 Å². The van der Waals surface area contributed by atoms with Gasteiger partial charge in [-0.2, -0.15) is 13.2 Å². The average Bonchev–Trinajstić information content (AvgIpc) is 2.83. The number of carbonyl (C=O) groups excluding carboxylic acids is 2. The zero-order chi connectivity index (χ0) is 27.0. The van der Waals surface area contributed by atoms with E-state index in [9.17, 15) is 22.8 Å². The van der Waals surface area contributed by atoms with Crippen molar-refractivity contribution in [2.45, 2.75) is 6.18 Å². The molecule has 0 fully saturated rings. The highest BCUT2D eigenvalue weighted by molar-refractivity contribution is 6.01. The number of benzene rings is 2. The van der Waals surface area contributed by atoms with Gasteiger partial charge in [0.2, 0.25) is 0 Å². The van der Waals surface area contributed by atoms with Gasteiger partial charge in [-0.15, -0.1) is 0 Å². The maximum atomic E-state index is 13.6. The molecule has 3 aromatic rings. The Kier molecular flexibility index (Phi) is 8.90. The number of para-hydroxylation sites is 1. The second-order valence-electron chi connectivity index (χ2n) is 8.00. The number of nitrogens with zero attached hydrogens (tertiary/aromatic N) is 2. The summed E-state index contributed by atoms with van der Waals surface area (Å²) in [6, 6.07) is 12.0. The summed E-state index contributed by atoms with van der Waals surface area (Å²) in [5.41, 5.74) is -0.638. The molecule has 1 aromatic heterocycles. The molecule has 0 aliphatic rings. The van der Waals surface area contributed by atoms with Crippen LogP contribution < -0.4 is 25.4 Å². The van der Waals surface area contributed by atoms with Crippen LogP contribution in [0, 0.1) is 0 Å². The molecule has 0 bridgehead atoms. The molecule has 0 saturated heterocycles. The number of halogens is 3. The Labute approximate surface area is 211 Å². The molecule has 12 heteroatoms. The lowest BCUT2D eigenvalue weighted by Gasteiger charge is -2.19. The quantitative estimate of drug-likeness (QED) is 0.375. The predicted octanol–water partition coefficient (Wildman–Crippen LogP) is 4.84. The molecule has 0 spiro atoms. The molecular weight excluding hydrogens is 491 g/mol. The van der Waals surface area contributed by atoms with Crippen LogP contribution in [-0.4, -0.2) is 56.1 Å². The normalized spacial score (nSPS) is 11.1. The standard InChI is InChI=1S/C25H26F3N5O4/c1-29-23(34)21-15-18(10-11-30-21)37-17-7-4-6-16(14-17)31-24(35)32-20-9-5-8-19(25(26,27)28)22(20)36-13-12-33(2)3/h4-11,14-15H,12-13H2,1-3H3,(H,29,34)(H2,31,32,35). The number of ether oxygens (including phenoxy) is 2. The molecule has 0 radical (unpaired) electrons. The number of alkyl halides is 3. The van der Waals surface area contributed by atoms with Crippen LogP contribution in [0.2, 0.25) is 0 Å². The fraction of sp³-hybridized carbons (Fsp3) is 0.240. The first-order chi connectivity index (χ1) is 17.6. The molecule has 1 heterocycles. The summed E-state index contributed by atoms with van der Waals surface area (Å²) in [6.07, 6.45) is -3.25. The highest BCUT2D eigenvalue weighted by Crippen LogP contribution is 2.40. The van der Waals surface area contributed by atoms with E-state index in [1.165, 1.54) is 37.5 Å². The molecule has 0 saturated carbocycles. The number of aromatic nitrogens is 1. The van der Waals surface area contributed by atoms with Crippen LogP contribution >= 0.6 is 0 Å². The molecule has 196 valence electrons. The molecule has 9 nitrogen and oxygen atoms in total. The maximum absolute atomic E-state index is 13.6. The van der Waals surface area contributed by atoms with Crippen LogP contribution in [0.4, 0.5) is 29.3 Å². The summed E-state index contributed by atoms with van der Waals surface area (Å²) >= 11 is 0.